The molecule has 0 radical (unpaired) electrons. The van der Waals surface area contributed by atoms with Crippen LogP contribution in [0.25, 0.3) is 0 Å². The van der Waals surface area contributed by atoms with Crippen LogP contribution >= 0.6 is 0 Å². The van der Waals surface area contributed by atoms with Gasteiger partial charge in [-0.2, -0.15) is 0 Å². The minimum atomic E-state index is -0.644. The summed E-state index contributed by atoms with van der Waals surface area (Å²) in [6.07, 6.45) is 12.0. The van der Waals surface area contributed by atoms with E-state index in [1.165, 1.54) is 38.5 Å². The molecular formula is C17H32N2O2. The lowest BCUT2D eigenvalue weighted by Gasteiger charge is -2.18. The first-order valence-electron chi connectivity index (χ1n) is 8.72. The molecule has 1 unspecified atom stereocenters. The molecule has 1 heterocycles. The van der Waals surface area contributed by atoms with Crippen LogP contribution in [0.3, 0.4) is 0 Å². The van der Waals surface area contributed by atoms with E-state index >= 15 is 0 Å². The summed E-state index contributed by atoms with van der Waals surface area (Å²) in [6, 6.07) is -0.644. The minimum absolute atomic E-state index is 0.165. The molecule has 3 N–H and O–H groups in total. The van der Waals surface area contributed by atoms with Crippen molar-refractivity contribution in [2.45, 2.75) is 83.6 Å². The van der Waals surface area contributed by atoms with Crippen LogP contribution < -0.4 is 11.1 Å². The maximum Gasteiger partial charge on any atom is 0.237 e. The Hall–Kier alpha value is -0.900. The molecule has 0 aliphatic carbocycles. The zero-order chi connectivity index (χ0) is 15.5. The van der Waals surface area contributed by atoms with E-state index in [0.717, 1.165) is 25.7 Å². The van der Waals surface area contributed by atoms with Crippen molar-refractivity contribution in [2.24, 2.45) is 11.7 Å². The van der Waals surface area contributed by atoms with Crippen LogP contribution in [0.5, 0.6) is 0 Å². The number of amides is 1. The molecule has 0 saturated carbocycles. The van der Waals surface area contributed by atoms with Crippen LogP contribution in [0.4, 0.5) is 0 Å². The highest BCUT2D eigenvalue weighted by molar-refractivity contribution is 5.91. The van der Waals surface area contributed by atoms with E-state index in [-0.39, 0.29) is 17.6 Å². The lowest BCUT2D eigenvalue weighted by molar-refractivity contribution is -0.129. The van der Waals surface area contributed by atoms with E-state index in [9.17, 15) is 9.59 Å². The van der Waals surface area contributed by atoms with Crippen molar-refractivity contribution < 1.29 is 9.59 Å². The number of unbranched alkanes of at least 4 members (excludes halogenated alkanes) is 7. The van der Waals surface area contributed by atoms with Crippen LogP contribution in [0.1, 0.15) is 77.6 Å². The van der Waals surface area contributed by atoms with Gasteiger partial charge in [-0.3, -0.25) is 9.59 Å². The zero-order valence-electron chi connectivity index (χ0n) is 13.5. The Morgan fingerprint density at radius 3 is 2.43 bits per heavy atom. The van der Waals surface area contributed by atoms with Crippen molar-refractivity contribution in [3.8, 4) is 0 Å². The summed E-state index contributed by atoms with van der Waals surface area (Å²) in [5.41, 5.74) is 5.89. The number of nitrogens with two attached hydrogens (primary N) is 1. The highest BCUT2D eigenvalue weighted by Gasteiger charge is 2.31. The first-order chi connectivity index (χ1) is 10.2. The largest absolute Gasteiger partial charge is 0.355 e. The number of carbonyl (C=O) groups excluding carboxylic acids is 2. The summed E-state index contributed by atoms with van der Waals surface area (Å²) < 4.78 is 0. The zero-order valence-corrected chi connectivity index (χ0v) is 13.5. The minimum Gasteiger partial charge on any atom is -0.355 e. The first-order valence-corrected chi connectivity index (χ1v) is 8.72. The number of carbonyl (C=O) groups is 2. The van der Waals surface area contributed by atoms with Gasteiger partial charge in [0.25, 0.3) is 0 Å². The standard InChI is InChI=1S/C17H32N2O2/c1-2-3-4-5-6-7-8-9-12-15(20)14-11-10-13-19-17(21)16(14)18/h14,16H,2-13,18H2,1H3,(H,19,21)/t14?,16-/m0/s1. The van der Waals surface area contributed by atoms with Crippen LogP contribution in [0.15, 0.2) is 0 Å². The van der Waals surface area contributed by atoms with E-state index < -0.39 is 6.04 Å². The Morgan fingerprint density at radius 1 is 1.14 bits per heavy atom. The normalized spacial score (nSPS) is 22.7. The molecule has 1 aliphatic heterocycles. The number of hydrogen-bond acceptors (Lipinski definition) is 3. The second kappa shape index (κ2) is 10.8. The molecule has 0 spiro atoms. The van der Waals surface area contributed by atoms with Crippen molar-refractivity contribution in [1.29, 1.82) is 0 Å². The molecule has 4 nitrogen and oxygen atoms in total. The Morgan fingerprint density at radius 2 is 1.76 bits per heavy atom. The predicted octanol–water partition coefficient (Wildman–Crippen LogP) is 2.94. The molecule has 122 valence electrons. The number of rotatable bonds is 10. The van der Waals surface area contributed by atoms with Crippen molar-refractivity contribution in [1.82, 2.24) is 5.32 Å². The SMILES string of the molecule is CCCCCCCCCCC(=O)C1CCCNC(=O)[C@H]1N. The number of nitrogens with one attached hydrogen (secondary N) is 1. The first kappa shape index (κ1) is 18.1. The number of Topliss-reactive ketones (excluding diaryl/α,β-unsaturated/α-hetero) is 1. The monoisotopic (exact) mass is 296 g/mol. The molecule has 1 fully saturated rings. The molecule has 1 saturated heterocycles. The van der Waals surface area contributed by atoms with E-state index in [1.54, 1.807) is 0 Å². The van der Waals surface area contributed by atoms with E-state index in [1.807, 2.05) is 0 Å². The fourth-order valence-electron chi connectivity index (χ4n) is 2.99. The van der Waals surface area contributed by atoms with Gasteiger partial charge in [0.1, 0.15) is 5.78 Å². The molecule has 1 amide bonds. The number of hydrogen-bond donors (Lipinski definition) is 2. The third kappa shape index (κ3) is 7.07. The average Bonchev–Trinajstić information content (AvgIpc) is 2.64. The molecule has 2 atom stereocenters. The third-order valence-electron chi connectivity index (χ3n) is 4.42. The second-order valence-corrected chi connectivity index (χ2v) is 6.26. The van der Waals surface area contributed by atoms with Gasteiger partial charge in [-0.25, -0.2) is 0 Å². The van der Waals surface area contributed by atoms with Gasteiger partial charge in [0, 0.05) is 18.9 Å². The fourth-order valence-corrected chi connectivity index (χ4v) is 2.99. The maximum atomic E-state index is 12.2. The Bertz CT molecular complexity index is 318. The lowest BCUT2D eigenvalue weighted by atomic mass is 9.89. The van der Waals surface area contributed by atoms with E-state index in [2.05, 4.69) is 12.2 Å². The van der Waals surface area contributed by atoms with Gasteiger partial charge in [0.2, 0.25) is 5.91 Å². The molecule has 1 rings (SSSR count). The van der Waals surface area contributed by atoms with E-state index in [0.29, 0.717) is 13.0 Å². The Balaban J connectivity index is 2.13. The molecule has 0 aromatic carbocycles. The topological polar surface area (TPSA) is 72.2 Å². The molecule has 1 aliphatic rings. The van der Waals surface area contributed by atoms with Crippen molar-refractivity contribution in [2.75, 3.05) is 6.54 Å². The van der Waals surface area contributed by atoms with Crippen LogP contribution in [0, 0.1) is 5.92 Å². The summed E-state index contributed by atoms with van der Waals surface area (Å²) in [6.45, 7) is 2.87. The summed E-state index contributed by atoms with van der Waals surface area (Å²) in [5.74, 6) is -0.246. The smallest absolute Gasteiger partial charge is 0.237 e. The van der Waals surface area contributed by atoms with Gasteiger partial charge < -0.3 is 11.1 Å². The highest BCUT2D eigenvalue weighted by atomic mass is 16.2. The summed E-state index contributed by atoms with van der Waals surface area (Å²) in [7, 11) is 0. The molecule has 21 heavy (non-hydrogen) atoms. The van der Waals surface area contributed by atoms with Crippen LogP contribution in [0.2, 0.25) is 0 Å². The van der Waals surface area contributed by atoms with Gasteiger partial charge in [-0.1, -0.05) is 51.9 Å². The highest BCUT2D eigenvalue weighted by Crippen LogP contribution is 2.18. The molecule has 0 aromatic heterocycles. The van der Waals surface area contributed by atoms with Gasteiger partial charge in [0.05, 0.1) is 6.04 Å². The third-order valence-corrected chi connectivity index (χ3v) is 4.42. The summed E-state index contributed by atoms with van der Waals surface area (Å²) in [5, 5.41) is 2.76. The van der Waals surface area contributed by atoms with Crippen molar-refractivity contribution in [3.05, 3.63) is 0 Å². The maximum absolute atomic E-state index is 12.2. The molecule has 0 bridgehead atoms. The van der Waals surface area contributed by atoms with E-state index in [4.69, 9.17) is 5.73 Å². The number of ketones is 1. The quantitative estimate of drug-likeness (QED) is 0.609. The van der Waals surface area contributed by atoms with Gasteiger partial charge in [-0.05, 0) is 19.3 Å². The second-order valence-electron chi connectivity index (χ2n) is 6.26. The molecule has 0 aromatic rings. The van der Waals surface area contributed by atoms with Crippen molar-refractivity contribution in [3.63, 3.8) is 0 Å². The van der Waals surface area contributed by atoms with Gasteiger partial charge in [-0.15, -0.1) is 0 Å². The van der Waals surface area contributed by atoms with Crippen LogP contribution in [-0.2, 0) is 9.59 Å². The van der Waals surface area contributed by atoms with Crippen LogP contribution in [-0.4, -0.2) is 24.3 Å². The lowest BCUT2D eigenvalue weighted by Crippen LogP contribution is -2.45. The summed E-state index contributed by atoms with van der Waals surface area (Å²) >= 11 is 0. The Kier molecular flexibility index (Phi) is 9.31. The van der Waals surface area contributed by atoms with Gasteiger partial charge in [0.15, 0.2) is 0 Å². The van der Waals surface area contributed by atoms with Gasteiger partial charge >= 0.3 is 0 Å². The molecular weight excluding hydrogens is 264 g/mol. The predicted molar refractivity (Wildman–Crippen MR) is 85.9 cm³/mol. The average molecular weight is 296 g/mol. The fraction of sp³-hybridized carbons (Fsp3) is 0.882. The molecule has 4 heteroatoms. The summed E-state index contributed by atoms with van der Waals surface area (Å²) in [4.78, 5) is 23.9. The Labute approximate surface area is 129 Å². The van der Waals surface area contributed by atoms with Crippen molar-refractivity contribution >= 4 is 11.7 Å².